The van der Waals surface area contributed by atoms with Crippen molar-refractivity contribution >= 4 is 69.6 Å². The lowest BCUT2D eigenvalue weighted by atomic mass is 9.77. The first-order valence-corrected chi connectivity index (χ1v) is 7.91. The zero-order chi connectivity index (χ0) is 13.8. The molecule has 0 amide bonds. The number of halogens is 6. The second-order valence-corrected chi connectivity index (χ2v) is 8.09. The Bertz CT molecular complexity index is 513. The van der Waals surface area contributed by atoms with Gasteiger partial charge in [0.1, 0.15) is 0 Å². The zero-order valence-corrected chi connectivity index (χ0v) is 13.5. The van der Waals surface area contributed by atoms with Gasteiger partial charge in [-0.15, -0.1) is 23.2 Å². The van der Waals surface area contributed by atoms with Gasteiger partial charge in [-0.2, -0.15) is 9.78 Å². The number of ether oxygens (including phenoxy) is 1. The van der Waals surface area contributed by atoms with Crippen LogP contribution in [-0.4, -0.2) is 20.7 Å². The van der Waals surface area contributed by atoms with Crippen LogP contribution in [0.15, 0.2) is 10.1 Å². The summed E-state index contributed by atoms with van der Waals surface area (Å²) >= 11 is 38.3. The Hall–Kier alpha value is 1.36. The molecular formula is C10H6Cl6O3. The van der Waals surface area contributed by atoms with E-state index in [0.29, 0.717) is 11.5 Å². The molecule has 1 saturated carbocycles. The largest absolute Gasteiger partial charge is 0.307 e. The lowest BCUT2D eigenvalue weighted by Gasteiger charge is -2.49. The fourth-order valence-corrected chi connectivity index (χ4v) is 6.34. The van der Waals surface area contributed by atoms with Crippen LogP contribution in [0, 0.1) is 17.8 Å². The van der Waals surface area contributed by atoms with Crippen LogP contribution >= 0.6 is 69.6 Å². The SMILES string of the molecule is ClC1=C(Cl)[C@@]2(Cl)[C@H]3C(Cl)[C@@H]1C[C@H]3[C@]1(Cl)OO[C@@]2(Cl)O1. The molecule has 0 spiro atoms. The highest BCUT2D eigenvalue weighted by Crippen LogP contribution is 2.73. The van der Waals surface area contributed by atoms with E-state index in [4.69, 9.17) is 84.1 Å². The van der Waals surface area contributed by atoms with Crippen molar-refractivity contribution in [1.29, 1.82) is 0 Å². The Morgan fingerprint density at radius 1 is 1.11 bits per heavy atom. The lowest BCUT2D eigenvalue weighted by molar-refractivity contribution is -0.318. The maximum absolute atomic E-state index is 6.66. The molecule has 4 rings (SSSR count). The summed E-state index contributed by atoms with van der Waals surface area (Å²) in [6, 6.07) is 0. The van der Waals surface area contributed by atoms with Gasteiger partial charge in [-0.3, -0.25) is 4.74 Å². The molecule has 0 aromatic heterocycles. The Morgan fingerprint density at radius 2 is 1.79 bits per heavy atom. The summed E-state index contributed by atoms with van der Waals surface area (Å²) in [5.74, 6) is -0.819. The van der Waals surface area contributed by atoms with Gasteiger partial charge in [-0.25, -0.2) is 0 Å². The Kier molecular flexibility index (Phi) is 2.81. The van der Waals surface area contributed by atoms with Crippen molar-refractivity contribution in [3.8, 4) is 0 Å². The molecule has 3 fully saturated rings. The van der Waals surface area contributed by atoms with Crippen molar-refractivity contribution in [2.24, 2.45) is 17.8 Å². The number of allylic oxidation sites excluding steroid dienone is 1. The second-order valence-electron chi connectivity index (χ2n) is 5.18. The molecule has 106 valence electrons. The van der Waals surface area contributed by atoms with Gasteiger partial charge in [0.25, 0.3) is 5.25 Å². The van der Waals surface area contributed by atoms with E-state index in [1.165, 1.54) is 0 Å². The van der Waals surface area contributed by atoms with Crippen molar-refractivity contribution in [2.45, 2.75) is 27.2 Å². The molecule has 9 heteroatoms. The number of rotatable bonds is 0. The molecule has 2 aliphatic carbocycles. The molecule has 2 heterocycles. The van der Waals surface area contributed by atoms with Crippen LogP contribution in [0.5, 0.6) is 0 Å². The zero-order valence-electron chi connectivity index (χ0n) is 9.01. The molecule has 7 atom stereocenters. The third-order valence-corrected chi connectivity index (χ3v) is 7.78. The minimum Gasteiger partial charge on any atom is -0.284 e. The van der Waals surface area contributed by atoms with E-state index < -0.39 is 15.4 Å². The number of fused-ring (bicyclic) bond motifs is 5. The topological polar surface area (TPSA) is 27.7 Å². The third-order valence-electron chi connectivity index (χ3n) is 4.39. The summed E-state index contributed by atoms with van der Waals surface area (Å²) in [7, 11) is 0. The lowest BCUT2D eigenvalue weighted by Crippen LogP contribution is -2.63. The van der Waals surface area contributed by atoms with Crippen LogP contribution in [0.4, 0.5) is 0 Å². The smallest absolute Gasteiger partial charge is 0.284 e. The Labute approximate surface area is 138 Å². The van der Waals surface area contributed by atoms with E-state index in [9.17, 15) is 0 Å². The molecule has 1 unspecified atom stereocenters. The normalized spacial score (nSPS) is 62.8. The van der Waals surface area contributed by atoms with Gasteiger partial charge >= 0.3 is 5.25 Å². The van der Waals surface area contributed by atoms with E-state index in [1.807, 2.05) is 0 Å². The van der Waals surface area contributed by atoms with Crippen LogP contribution in [0.2, 0.25) is 0 Å². The molecule has 19 heavy (non-hydrogen) atoms. The maximum atomic E-state index is 6.66. The quantitative estimate of drug-likeness (QED) is 0.459. The molecule has 0 radical (unpaired) electrons. The molecule has 0 N–H and O–H groups in total. The van der Waals surface area contributed by atoms with Gasteiger partial charge in [0.15, 0.2) is 4.87 Å². The van der Waals surface area contributed by atoms with Crippen LogP contribution in [0.25, 0.3) is 0 Å². The van der Waals surface area contributed by atoms with E-state index in [-0.39, 0.29) is 28.2 Å². The van der Waals surface area contributed by atoms with Crippen molar-refractivity contribution < 1.29 is 14.5 Å². The number of hydrogen-bond donors (Lipinski definition) is 0. The predicted molar refractivity (Wildman–Crippen MR) is 72.5 cm³/mol. The van der Waals surface area contributed by atoms with E-state index in [0.717, 1.165) is 0 Å². The van der Waals surface area contributed by atoms with Gasteiger partial charge in [0.05, 0.1) is 5.03 Å². The van der Waals surface area contributed by atoms with Crippen LogP contribution < -0.4 is 0 Å². The molecule has 3 nitrogen and oxygen atoms in total. The summed E-state index contributed by atoms with van der Waals surface area (Å²) in [5, 5.41) is -3.15. The average molecular weight is 387 g/mol. The van der Waals surface area contributed by atoms with Crippen molar-refractivity contribution in [1.82, 2.24) is 0 Å². The summed E-state index contributed by atoms with van der Waals surface area (Å²) in [5.41, 5.74) is 0. The highest BCUT2D eigenvalue weighted by Gasteiger charge is 2.81. The summed E-state index contributed by atoms with van der Waals surface area (Å²) in [4.78, 5) is 8.70. The highest BCUT2D eigenvalue weighted by atomic mass is 35.5. The monoisotopic (exact) mass is 384 g/mol. The molecule has 4 bridgehead atoms. The van der Waals surface area contributed by atoms with Crippen molar-refractivity contribution in [3.05, 3.63) is 10.1 Å². The van der Waals surface area contributed by atoms with E-state index in [1.54, 1.807) is 0 Å². The maximum Gasteiger partial charge on any atom is 0.307 e. The first-order chi connectivity index (χ1) is 8.75. The number of hydrogen-bond acceptors (Lipinski definition) is 3. The Morgan fingerprint density at radius 3 is 2.47 bits per heavy atom. The summed E-state index contributed by atoms with van der Waals surface area (Å²) in [6.45, 7) is 0. The minimum atomic E-state index is -1.85. The molecule has 0 aromatic rings. The van der Waals surface area contributed by atoms with Crippen LogP contribution in [-0.2, 0) is 14.5 Å². The van der Waals surface area contributed by atoms with Crippen LogP contribution in [0.3, 0.4) is 0 Å². The standard InChI is InChI=1S/C10H6Cl6O3/c11-5-2-1-3-4(5)8(14,7(13)6(2)12)10(16)17-9(3,15)18-19-10/h2-5H,1H2/t2-,3+,4+,5?,8-,9+,10-/m0/s1. The van der Waals surface area contributed by atoms with E-state index >= 15 is 0 Å². The molecular weight excluding hydrogens is 381 g/mol. The van der Waals surface area contributed by atoms with Crippen molar-refractivity contribution in [3.63, 3.8) is 0 Å². The highest BCUT2D eigenvalue weighted by molar-refractivity contribution is 6.48. The number of alkyl halides is 4. The van der Waals surface area contributed by atoms with E-state index in [2.05, 4.69) is 0 Å². The predicted octanol–water partition coefficient (Wildman–Crippen LogP) is 4.30. The summed E-state index contributed by atoms with van der Waals surface area (Å²) < 4.78 is 5.51. The van der Waals surface area contributed by atoms with Crippen LogP contribution in [0.1, 0.15) is 6.42 Å². The second kappa shape index (κ2) is 3.81. The van der Waals surface area contributed by atoms with Gasteiger partial charge in [0.2, 0.25) is 0 Å². The summed E-state index contributed by atoms with van der Waals surface area (Å²) in [6.07, 6.45) is 0.544. The molecule has 2 aliphatic heterocycles. The van der Waals surface area contributed by atoms with Crippen molar-refractivity contribution in [2.75, 3.05) is 0 Å². The average Bonchev–Trinajstić information content (AvgIpc) is 2.82. The minimum absolute atomic E-state index is 0.139. The molecule has 4 aliphatic rings. The van der Waals surface area contributed by atoms with Gasteiger partial charge < -0.3 is 0 Å². The van der Waals surface area contributed by atoms with Gasteiger partial charge in [0, 0.05) is 28.2 Å². The van der Waals surface area contributed by atoms with Gasteiger partial charge in [-0.05, 0) is 6.42 Å². The Balaban J connectivity index is 2.00. The molecule has 2 saturated heterocycles. The fourth-order valence-electron chi connectivity index (χ4n) is 3.53. The fraction of sp³-hybridized carbons (Fsp3) is 0.800. The third kappa shape index (κ3) is 1.37. The first-order valence-electron chi connectivity index (χ1n) is 5.58. The first kappa shape index (κ1) is 14.0. The molecule has 0 aromatic carbocycles. The van der Waals surface area contributed by atoms with Gasteiger partial charge in [-0.1, -0.05) is 46.4 Å².